The molecular formula is C17H24BrFN4O. The molecule has 0 aromatic heterocycles. The third-order valence-corrected chi connectivity index (χ3v) is 4.81. The first-order valence-electron chi connectivity index (χ1n) is 8.17. The lowest BCUT2D eigenvalue weighted by atomic mass is 9.95. The molecule has 0 aliphatic carbocycles. The molecule has 1 atom stereocenters. The number of nitrogens with zero attached hydrogens (tertiary/aromatic N) is 2. The zero-order valence-electron chi connectivity index (χ0n) is 13.9. The summed E-state index contributed by atoms with van der Waals surface area (Å²) in [6.07, 6.45) is 3.26. The van der Waals surface area contributed by atoms with Crippen molar-refractivity contribution in [1.82, 2.24) is 10.2 Å². The van der Waals surface area contributed by atoms with Crippen LogP contribution in [0.4, 0.5) is 4.39 Å². The van der Waals surface area contributed by atoms with E-state index in [1.54, 1.807) is 19.2 Å². The van der Waals surface area contributed by atoms with E-state index in [-0.39, 0.29) is 11.7 Å². The number of benzene rings is 1. The van der Waals surface area contributed by atoms with Crippen molar-refractivity contribution in [3.05, 3.63) is 34.1 Å². The van der Waals surface area contributed by atoms with E-state index < -0.39 is 0 Å². The molecule has 1 saturated heterocycles. The SMILES string of the molecule is CN=C(NCCc1ccc(F)c(Br)c1)N1CCCC(CC(N)=O)C1. The van der Waals surface area contributed by atoms with E-state index in [1.165, 1.54) is 6.07 Å². The molecule has 24 heavy (non-hydrogen) atoms. The van der Waals surface area contributed by atoms with Crippen LogP contribution >= 0.6 is 15.9 Å². The van der Waals surface area contributed by atoms with Gasteiger partial charge in [0.1, 0.15) is 5.82 Å². The topological polar surface area (TPSA) is 70.7 Å². The van der Waals surface area contributed by atoms with Crippen molar-refractivity contribution < 1.29 is 9.18 Å². The normalized spacial score (nSPS) is 18.5. The van der Waals surface area contributed by atoms with Crippen LogP contribution in [0.5, 0.6) is 0 Å². The van der Waals surface area contributed by atoms with Gasteiger partial charge in [0.25, 0.3) is 0 Å². The highest BCUT2D eigenvalue weighted by Gasteiger charge is 2.23. The summed E-state index contributed by atoms with van der Waals surface area (Å²) in [6, 6.07) is 5.05. The fourth-order valence-corrected chi connectivity index (χ4v) is 3.48. The number of carbonyl (C=O) groups excluding carboxylic acids is 1. The molecule has 1 heterocycles. The number of hydrogen-bond donors (Lipinski definition) is 2. The Morgan fingerprint density at radius 1 is 1.54 bits per heavy atom. The van der Waals surface area contributed by atoms with E-state index in [9.17, 15) is 9.18 Å². The van der Waals surface area contributed by atoms with Crippen LogP contribution in [0.1, 0.15) is 24.8 Å². The van der Waals surface area contributed by atoms with E-state index in [0.717, 1.165) is 43.9 Å². The number of hydrogen-bond acceptors (Lipinski definition) is 2. The number of nitrogens with two attached hydrogens (primary N) is 1. The van der Waals surface area contributed by atoms with Gasteiger partial charge in [0.2, 0.25) is 5.91 Å². The Morgan fingerprint density at radius 3 is 3.00 bits per heavy atom. The summed E-state index contributed by atoms with van der Waals surface area (Å²) in [4.78, 5) is 17.6. The van der Waals surface area contributed by atoms with Crippen LogP contribution in [0, 0.1) is 11.7 Å². The van der Waals surface area contributed by atoms with E-state index >= 15 is 0 Å². The summed E-state index contributed by atoms with van der Waals surface area (Å²) in [7, 11) is 1.76. The summed E-state index contributed by atoms with van der Waals surface area (Å²) in [5, 5.41) is 3.35. The van der Waals surface area contributed by atoms with Crippen molar-refractivity contribution in [3.8, 4) is 0 Å². The van der Waals surface area contributed by atoms with Gasteiger partial charge in [-0.3, -0.25) is 9.79 Å². The predicted octanol–water partition coefficient (Wildman–Crippen LogP) is 2.29. The van der Waals surface area contributed by atoms with Crippen LogP contribution in [0.2, 0.25) is 0 Å². The number of guanidine groups is 1. The number of piperidine rings is 1. The monoisotopic (exact) mass is 398 g/mol. The summed E-state index contributed by atoms with van der Waals surface area (Å²) in [5.74, 6) is 0.635. The van der Waals surface area contributed by atoms with Crippen LogP contribution in [0.25, 0.3) is 0 Å². The van der Waals surface area contributed by atoms with Crippen LogP contribution in [-0.4, -0.2) is 43.4 Å². The molecule has 132 valence electrons. The van der Waals surface area contributed by atoms with Crippen molar-refractivity contribution in [2.75, 3.05) is 26.7 Å². The molecule has 7 heteroatoms. The minimum Gasteiger partial charge on any atom is -0.370 e. The standard InChI is InChI=1S/C17H24BrFN4O/c1-21-17(23-8-2-3-13(11-23)10-16(20)24)22-7-6-12-4-5-15(19)14(18)9-12/h4-5,9,13H,2-3,6-8,10-11H2,1H3,(H2,20,24)(H,21,22). The largest absolute Gasteiger partial charge is 0.370 e. The van der Waals surface area contributed by atoms with Gasteiger partial charge in [-0.05, 0) is 58.8 Å². The molecule has 5 nitrogen and oxygen atoms in total. The Bertz CT molecular complexity index is 608. The molecule has 2 rings (SSSR count). The molecule has 3 N–H and O–H groups in total. The van der Waals surface area contributed by atoms with Gasteiger partial charge in [-0.15, -0.1) is 0 Å². The maximum absolute atomic E-state index is 13.3. The van der Waals surface area contributed by atoms with Crippen molar-refractivity contribution in [2.45, 2.75) is 25.7 Å². The van der Waals surface area contributed by atoms with E-state index in [0.29, 0.717) is 23.4 Å². The Labute approximate surface area is 150 Å². The molecular weight excluding hydrogens is 375 g/mol. The van der Waals surface area contributed by atoms with Crippen molar-refractivity contribution in [3.63, 3.8) is 0 Å². The van der Waals surface area contributed by atoms with Gasteiger partial charge in [0.05, 0.1) is 4.47 Å². The molecule has 0 spiro atoms. The second-order valence-electron chi connectivity index (χ2n) is 6.10. The van der Waals surface area contributed by atoms with Gasteiger partial charge in [0.15, 0.2) is 5.96 Å². The first-order valence-corrected chi connectivity index (χ1v) is 8.96. The molecule has 1 unspecified atom stereocenters. The lowest BCUT2D eigenvalue weighted by molar-refractivity contribution is -0.119. The Balaban J connectivity index is 1.85. The third kappa shape index (κ3) is 5.47. The van der Waals surface area contributed by atoms with Crippen molar-refractivity contribution >= 4 is 27.8 Å². The van der Waals surface area contributed by atoms with Gasteiger partial charge in [-0.25, -0.2) is 4.39 Å². The number of primary amides is 1. The first-order chi connectivity index (χ1) is 11.5. The van der Waals surface area contributed by atoms with Crippen LogP contribution < -0.4 is 11.1 Å². The number of rotatable bonds is 5. The molecule has 1 fully saturated rings. The average molecular weight is 399 g/mol. The Kier molecular flexibility index (Phi) is 7.02. The Hall–Kier alpha value is -1.63. The number of likely N-dealkylation sites (tertiary alicyclic amines) is 1. The smallest absolute Gasteiger partial charge is 0.217 e. The quantitative estimate of drug-likeness (QED) is 0.590. The van der Waals surface area contributed by atoms with Crippen LogP contribution in [0.15, 0.2) is 27.7 Å². The maximum atomic E-state index is 13.3. The summed E-state index contributed by atoms with van der Waals surface area (Å²) in [5.41, 5.74) is 6.36. The molecule has 0 bridgehead atoms. The number of halogens is 2. The predicted molar refractivity (Wildman–Crippen MR) is 97.3 cm³/mol. The van der Waals surface area contributed by atoms with E-state index in [1.807, 2.05) is 0 Å². The van der Waals surface area contributed by atoms with Gasteiger partial charge in [0, 0.05) is 33.1 Å². The molecule has 0 saturated carbocycles. The summed E-state index contributed by atoms with van der Waals surface area (Å²) < 4.78 is 13.7. The highest BCUT2D eigenvalue weighted by atomic mass is 79.9. The third-order valence-electron chi connectivity index (χ3n) is 4.20. The van der Waals surface area contributed by atoms with E-state index in [2.05, 4.69) is 31.1 Å². The lowest BCUT2D eigenvalue weighted by Gasteiger charge is -2.34. The fourth-order valence-electron chi connectivity index (χ4n) is 3.05. The van der Waals surface area contributed by atoms with Gasteiger partial charge >= 0.3 is 0 Å². The summed E-state index contributed by atoms with van der Waals surface area (Å²) >= 11 is 3.20. The van der Waals surface area contributed by atoms with E-state index in [4.69, 9.17) is 5.73 Å². The summed E-state index contributed by atoms with van der Waals surface area (Å²) in [6.45, 7) is 2.43. The van der Waals surface area contributed by atoms with Crippen LogP contribution in [0.3, 0.4) is 0 Å². The van der Waals surface area contributed by atoms with Crippen molar-refractivity contribution in [2.24, 2.45) is 16.6 Å². The second-order valence-corrected chi connectivity index (χ2v) is 6.95. The molecule has 1 aliphatic rings. The second kappa shape index (κ2) is 9.01. The minimum absolute atomic E-state index is 0.244. The zero-order chi connectivity index (χ0) is 17.5. The first kappa shape index (κ1) is 18.7. The fraction of sp³-hybridized carbons (Fsp3) is 0.529. The van der Waals surface area contributed by atoms with Crippen molar-refractivity contribution in [1.29, 1.82) is 0 Å². The van der Waals surface area contributed by atoms with Gasteiger partial charge in [-0.1, -0.05) is 6.07 Å². The lowest BCUT2D eigenvalue weighted by Crippen LogP contribution is -2.47. The highest BCUT2D eigenvalue weighted by Crippen LogP contribution is 2.19. The molecule has 1 aliphatic heterocycles. The maximum Gasteiger partial charge on any atom is 0.217 e. The molecule has 1 amide bonds. The number of aliphatic imine (C=N–C) groups is 1. The van der Waals surface area contributed by atoms with Gasteiger partial charge < -0.3 is 16.0 Å². The van der Waals surface area contributed by atoms with Crippen LogP contribution in [-0.2, 0) is 11.2 Å². The number of amides is 1. The molecule has 1 aromatic carbocycles. The molecule has 1 aromatic rings. The Morgan fingerprint density at radius 2 is 2.33 bits per heavy atom. The number of nitrogens with one attached hydrogen (secondary N) is 1. The van der Waals surface area contributed by atoms with Gasteiger partial charge in [-0.2, -0.15) is 0 Å². The number of carbonyl (C=O) groups is 1. The highest BCUT2D eigenvalue weighted by molar-refractivity contribution is 9.10. The molecule has 0 radical (unpaired) electrons. The zero-order valence-corrected chi connectivity index (χ0v) is 15.5. The minimum atomic E-state index is -0.253. The average Bonchev–Trinajstić information content (AvgIpc) is 2.54.